The monoisotopic (exact) mass is 260 g/mol. The average molecular weight is 260 g/mol. The first-order valence-electron chi connectivity index (χ1n) is 7.25. The van der Waals surface area contributed by atoms with Gasteiger partial charge in [-0.25, -0.2) is 0 Å². The van der Waals surface area contributed by atoms with E-state index in [1.54, 1.807) is 0 Å². The second-order valence-electron chi connectivity index (χ2n) is 5.66. The third kappa shape index (κ3) is 4.06. The number of likely N-dealkylation sites (tertiary alicyclic amines) is 1. The van der Waals surface area contributed by atoms with Crippen LogP contribution in [0.1, 0.15) is 31.7 Å². The third-order valence-corrected chi connectivity index (χ3v) is 3.87. The molecular weight excluding hydrogens is 236 g/mol. The summed E-state index contributed by atoms with van der Waals surface area (Å²) in [5.74, 6) is 0.738. The molecule has 1 aliphatic heterocycles. The smallest absolute Gasteiger partial charge is 0.239 e. The zero-order chi connectivity index (χ0) is 13.7. The number of hydrogen-bond acceptors (Lipinski definition) is 2. The zero-order valence-corrected chi connectivity index (χ0v) is 11.7. The Balaban J connectivity index is 1.82. The summed E-state index contributed by atoms with van der Waals surface area (Å²) in [7, 11) is 0. The maximum atomic E-state index is 12.3. The predicted molar refractivity (Wildman–Crippen MR) is 77.7 cm³/mol. The van der Waals surface area contributed by atoms with Gasteiger partial charge in [0, 0.05) is 13.1 Å². The van der Waals surface area contributed by atoms with Crippen molar-refractivity contribution in [3.05, 3.63) is 35.9 Å². The fraction of sp³-hybridized carbons (Fsp3) is 0.562. The lowest BCUT2D eigenvalue weighted by atomic mass is 9.98. The van der Waals surface area contributed by atoms with Crippen LogP contribution >= 0.6 is 0 Å². The maximum Gasteiger partial charge on any atom is 0.239 e. The van der Waals surface area contributed by atoms with Crippen LogP contribution < -0.4 is 5.73 Å². The molecule has 2 atom stereocenters. The van der Waals surface area contributed by atoms with E-state index in [0.29, 0.717) is 5.92 Å². The molecule has 1 aromatic rings. The lowest BCUT2D eigenvalue weighted by Gasteiger charge is -2.32. The normalized spacial score (nSPS) is 21.2. The highest BCUT2D eigenvalue weighted by molar-refractivity contribution is 5.81. The van der Waals surface area contributed by atoms with Crippen LogP contribution in [0.2, 0.25) is 0 Å². The van der Waals surface area contributed by atoms with Crippen molar-refractivity contribution < 1.29 is 4.79 Å². The zero-order valence-electron chi connectivity index (χ0n) is 11.7. The molecule has 1 amide bonds. The molecule has 1 saturated heterocycles. The van der Waals surface area contributed by atoms with Crippen LogP contribution in [0.25, 0.3) is 0 Å². The van der Waals surface area contributed by atoms with Gasteiger partial charge in [0.25, 0.3) is 0 Å². The Morgan fingerprint density at radius 1 is 1.42 bits per heavy atom. The Bertz CT molecular complexity index is 404. The fourth-order valence-electron chi connectivity index (χ4n) is 2.71. The summed E-state index contributed by atoms with van der Waals surface area (Å²) in [4.78, 5) is 14.2. The van der Waals surface area contributed by atoms with Crippen LogP contribution in [0.5, 0.6) is 0 Å². The van der Waals surface area contributed by atoms with E-state index in [9.17, 15) is 4.79 Å². The minimum atomic E-state index is -0.356. The number of hydrogen-bond donors (Lipinski definition) is 1. The number of piperidine rings is 1. The molecule has 2 N–H and O–H groups in total. The summed E-state index contributed by atoms with van der Waals surface area (Å²) < 4.78 is 0. The average Bonchev–Trinajstić information content (AvgIpc) is 2.45. The van der Waals surface area contributed by atoms with Gasteiger partial charge in [-0.05, 0) is 37.2 Å². The van der Waals surface area contributed by atoms with Crippen molar-refractivity contribution in [2.75, 3.05) is 13.1 Å². The van der Waals surface area contributed by atoms with Gasteiger partial charge >= 0.3 is 0 Å². The molecule has 1 fully saturated rings. The molecule has 0 radical (unpaired) electrons. The minimum Gasteiger partial charge on any atom is -0.341 e. The van der Waals surface area contributed by atoms with E-state index in [4.69, 9.17) is 5.73 Å². The molecule has 1 aliphatic rings. The Morgan fingerprint density at radius 2 is 2.16 bits per heavy atom. The van der Waals surface area contributed by atoms with E-state index < -0.39 is 0 Å². The first kappa shape index (κ1) is 14.1. The number of carbonyl (C=O) groups excluding carboxylic acids is 1. The first-order chi connectivity index (χ1) is 9.16. The summed E-state index contributed by atoms with van der Waals surface area (Å²) >= 11 is 0. The number of amides is 1. The minimum absolute atomic E-state index is 0.127. The van der Waals surface area contributed by atoms with E-state index in [1.165, 1.54) is 12.0 Å². The molecule has 1 aromatic carbocycles. The summed E-state index contributed by atoms with van der Waals surface area (Å²) in [6, 6.07) is 9.86. The van der Waals surface area contributed by atoms with Crippen molar-refractivity contribution in [1.82, 2.24) is 4.90 Å². The van der Waals surface area contributed by atoms with E-state index in [-0.39, 0.29) is 11.9 Å². The summed E-state index contributed by atoms with van der Waals surface area (Å²) in [6.07, 6.45) is 3.94. The van der Waals surface area contributed by atoms with Gasteiger partial charge in [0.1, 0.15) is 0 Å². The van der Waals surface area contributed by atoms with Gasteiger partial charge in [-0.2, -0.15) is 0 Å². The number of rotatable bonds is 4. The van der Waals surface area contributed by atoms with Crippen molar-refractivity contribution in [3.8, 4) is 0 Å². The first-order valence-corrected chi connectivity index (χ1v) is 7.25. The SMILES string of the molecule is CC1CCCN(C(=O)C(N)CCc2ccccc2)C1. The highest BCUT2D eigenvalue weighted by atomic mass is 16.2. The van der Waals surface area contributed by atoms with Crippen molar-refractivity contribution in [1.29, 1.82) is 0 Å². The highest BCUT2D eigenvalue weighted by Crippen LogP contribution is 2.16. The quantitative estimate of drug-likeness (QED) is 0.902. The predicted octanol–water partition coefficient (Wildman–Crippen LogP) is 2.21. The fourth-order valence-corrected chi connectivity index (χ4v) is 2.71. The Morgan fingerprint density at radius 3 is 2.84 bits per heavy atom. The van der Waals surface area contributed by atoms with Crippen LogP contribution in [-0.2, 0) is 11.2 Å². The molecule has 1 heterocycles. The molecule has 3 heteroatoms. The van der Waals surface area contributed by atoms with E-state index >= 15 is 0 Å². The van der Waals surface area contributed by atoms with Gasteiger partial charge in [0.05, 0.1) is 6.04 Å². The van der Waals surface area contributed by atoms with Crippen LogP contribution in [0.4, 0.5) is 0 Å². The van der Waals surface area contributed by atoms with Crippen molar-refractivity contribution in [2.45, 2.75) is 38.6 Å². The molecule has 0 saturated carbocycles. The molecule has 0 aliphatic carbocycles. The molecule has 0 spiro atoms. The summed E-state index contributed by atoms with van der Waals surface area (Å²) in [5.41, 5.74) is 7.30. The van der Waals surface area contributed by atoms with Gasteiger partial charge in [0.15, 0.2) is 0 Å². The number of nitrogens with two attached hydrogens (primary N) is 1. The molecule has 2 rings (SSSR count). The molecular formula is C16H24N2O. The van der Waals surface area contributed by atoms with Gasteiger partial charge in [-0.15, -0.1) is 0 Å². The van der Waals surface area contributed by atoms with Gasteiger partial charge < -0.3 is 10.6 Å². The van der Waals surface area contributed by atoms with E-state index in [2.05, 4.69) is 19.1 Å². The van der Waals surface area contributed by atoms with Crippen LogP contribution in [0.15, 0.2) is 30.3 Å². The molecule has 3 nitrogen and oxygen atoms in total. The lowest BCUT2D eigenvalue weighted by molar-refractivity contribution is -0.134. The highest BCUT2D eigenvalue weighted by Gasteiger charge is 2.24. The molecule has 0 aromatic heterocycles. The van der Waals surface area contributed by atoms with Crippen molar-refractivity contribution >= 4 is 5.91 Å². The van der Waals surface area contributed by atoms with E-state index in [1.807, 2.05) is 23.1 Å². The van der Waals surface area contributed by atoms with Crippen molar-refractivity contribution in [2.24, 2.45) is 11.7 Å². The largest absolute Gasteiger partial charge is 0.341 e. The van der Waals surface area contributed by atoms with E-state index in [0.717, 1.165) is 32.4 Å². The Labute approximate surface area is 115 Å². The van der Waals surface area contributed by atoms with Gasteiger partial charge in [-0.3, -0.25) is 4.79 Å². The van der Waals surface area contributed by atoms with Crippen LogP contribution in [0.3, 0.4) is 0 Å². The molecule has 104 valence electrons. The van der Waals surface area contributed by atoms with Gasteiger partial charge in [0.2, 0.25) is 5.91 Å². The van der Waals surface area contributed by atoms with Crippen LogP contribution in [-0.4, -0.2) is 29.9 Å². The van der Waals surface area contributed by atoms with Crippen molar-refractivity contribution in [3.63, 3.8) is 0 Å². The number of nitrogens with zero attached hydrogens (tertiary/aromatic N) is 1. The maximum absolute atomic E-state index is 12.3. The lowest BCUT2D eigenvalue weighted by Crippen LogP contribution is -2.47. The Hall–Kier alpha value is -1.35. The second kappa shape index (κ2) is 6.71. The van der Waals surface area contributed by atoms with Crippen LogP contribution in [0, 0.1) is 5.92 Å². The molecule has 2 unspecified atom stereocenters. The second-order valence-corrected chi connectivity index (χ2v) is 5.66. The topological polar surface area (TPSA) is 46.3 Å². The summed E-state index contributed by atoms with van der Waals surface area (Å²) in [5, 5.41) is 0. The number of aryl methyl sites for hydroxylation is 1. The number of benzene rings is 1. The third-order valence-electron chi connectivity index (χ3n) is 3.87. The Kier molecular flexibility index (Phi) is 4.97. The van der Waals surface area contributed by atoms with Gasteiger partial charge in [-0.1, -0.05) is 37.3 Å². The number of carbonyl (C=O) groups is 1. The summed E-state index contributed by atoms with van der Waals surface area (Å²) in [6.45, 7) is 3.95. The molecule has 19 heavy (non-hydrogen) atoms. The molecule has 0 bridgehead atoms. The standard InChI is InChI=1S/C16H24N2O/c1-13-6-5-11-18(12-13)16(19)15(17)10-9-14-7-3-2-4-8-14/h2-4,7-8,13,15H,5-6,9-12,17H2,1H3.